The average molecular weight is 311 g/mol. The fraction of sp³-hybridized carbons (Fsp3) is 0.125. The Kier molecular flexibility index (Phi) is 3.82. The van der Waals surface area contributed by atoms with Crippen molar-refractivity contribution in [2.75, 3.05) is 5.73 Å². The van der Waals surface area contributed by atoms with Gasteiger partial charge in [-0.25, -0.2) is 4.98 Å². The van der Waals surface area contributed by atoms with Gasteiger partial charge in [-0.2, -0.15) is 5.26 Å². The molecule has 5 heteroatoms. The highest BCUT2D eigenvalue weighted by Crippen LogP contribution is 2.33. The Morgan fingerprint density at radius 3 is 2.90 bits per heavy atom. The third-order valence-electron chi connectivity index (χ3n) is 3.22. The summed E-state index contributed by atoms with van der Waals surface area (Å²) in [4.78, 5) is 4.61. The Morgan fingerprint density at radius 1 is 1.29 bits per heavy atom. The number of anilines is 1. The molecular weight excluding hydrogens is 298 g/mol. The molecule has 3 aromatic rings. The van der Waals surface area contributed by atoms with Crippen molar-refractivity contribution in [1.29, 1.82) is 5.26 Å². The maximum Gasteiger partial charge on any atom is 0.151 e. The van der Waals surface area contributed by atoms with Crippen LogP contribution in [-0.2, 0) is 5.75 Å². The molecule has 104 valence electrons. The van der Waals surface area contributed by atoms with Gasteiger partial charge in [-0.15, -0.1) is 11.3 Å². The van der Waals surface area contributed by atoms with Crippen LogP contribution in [0, 0.1) is 18.3 Å². The van der Waals surface area contributed by atoms with E-state index in [1.807, 2.05) is 43.3 Å². The normalized spacial score (nSPS) is 10.7. The molecule has 0 aliphatic rings. The smallest absolute Gasteiger partial charge is 0.151 e. The lowest BCUT2D eigenvalue weighted by atomic mass is 10.1. The number of thiazole rings is 1. The van der Waals surface area contributed by atoms with Crippen LogP contribution in [0.5, 0.6) is 0 Å². The maximum absolute atomic E-state index is 8.89. The summed E-state index contributed by atoms with van der Waals surface area (Å²) in [5, 5.41) is 8.89. The number of nitriles is 1. The van der Waals surface area contributed by atoms with E-state index in [2.05, 4.69) is 11.1 Å². The summed E-state index contributed by atoms with van der Waals surface area (Å²) in [6, 6.07) is 13.8. The van der Waals surface area contributed by atoms with Crippen molar-refractivity contribution in [1.82, 2.24) is 4.98 Å². The Hall–Kier alpha value is -2.03. The lowest BCUT2D eigenvalue weighted by molar-refractivity contribution is 1.26. The van der Waals surface area contributed by atoms with Gasteiger partial charge in [0.15, 0.2) is 4.34 Å². The lowest BCUT2D eigenvalue weighted by Crippen LogP contribution is -1.87. The zero-order chi connectivity index (χ0) is 14.8. The molecule has 0 saturated carbocycles. The quantitative estimate of drug-likeness (QED) is 0.577. The molecule has 1 heterocycles. The van der Waals surface area contributed by atoms with Crippen LogP contribution in [0.4, 0.5) is 5.69 Å². The molecule has 3 nitrogen and oxygen atoms in total. The Balaban J connectivity index is 1.78. The van der Waals surface area contributed by atoms with Gasteiger partial charge in [0.1, 0.15) is 0 Å². The lowest BCUT2D eigenvalue weighted by Gasteiger charge is -2.04. The molecule has 3 rings (SSSR count). The molecule has 0 unspecified atom stereocenters. The minimum Gasteiger partial charge on any atom is -0.399 e. The molecule has 0 aliphatic heterocycles. The van der Waals surface area contributed by atoms with Crippen LogP contribution in [-0.4, -0.2) is 4.98 Å². The number of nitrogen functional groups attached to an aromatic ring is 1. The van der Waals surface area contributed by atoms with E-state index in [9.17, 15) is 0 Å². The molecule has 0 fully saturated rings. The molecule has 2 N–H and O–H groups in total. The minimum atomic E-state index is 0.705. The van der Waals surface area contributed by atoms with Crippen molar-refractivity contribution < 1.29 is 0 Å². The Bertz CT molecular complexity index is 846. The zero-order valence-electron chi connectivity index (χ0n) is 11.5. The summed E-state index contributed by atoms with van der Waals surface area (Å²) in [5.41, 5.74) is 10.6. The summed E-state index contributed by atoms with van der Waals surface area (Å²) < 4.78 is 2.16. The average Bonchev–Trinajstić information content (AvgIpc) is 2.87. The molecule has 0 amide bonds. The van der Waals surface area contributed by atoms with Crippen molar-refractivity contribution in [3.05, 3.63) is 53.1 Å². The molecule has 0 atom stereocenters. The number of aromatic nitrogens is 1. The van der Waals surface area contributed by atoms with Crippen LogP contribution in [0.3, 0.4) is 0 Å². The molecular formula is C16H13N3S2. The number of thioether (sulfide) groups is 1. The number of aryl methyl sites for hydroxylation is 1. The van der Waals surface area contributed by atoms with Crippen LogP contribution >= 0.6 is 23.1 Å². The summed E-state index contributed by atoms with van der Waals surface area (Å²) in [7, 11) is 0. The van der Waals surface area contributed by atoms with Gasteiger partial charge in [0, 0.05) is 11.4 Å². The molecule has 0 radical (unpaired) electrons. The van der Waals surface area contributed by atoms with E-state index in [1.165, 1.54) is 5.56 Å². The zero-order valence-corrected chi connectivity index (χ0v) is 13.1. The molecule has 0 bridgehead atoms. The monoisotopic (exact) mass is 311 g/mol. The molecule has 21 heavy (non-hydrogen) atoms. The topological polar surface area (TPSA) is 62.7 Å². The fourth-order valence-corrected chi connectivity index (χ4v) is 4.24. The van der Waals surface area contributed by atoms with Crippen LogP contribution in [0.2, 0.25) is 0 Å². The van der Waals surface area contributed by atoms with E-state index >= 15 is 0 Å². The molecule has 0 saturated heterocycles. The van der Waals surface area contributed by atoms with Gasteiger partial charge in [0.05, 0.1) is 21.8 Å². The summed E-state index contributed by atoms with van der Waals surface area (Å²) in [6.45, 7) is 2.04. The van der Waals surface area contributed by atoms with E-state index in [1.54, 1.807) is 23.1 Å². The van der Waals surface area contributed by atoms with Gasteiger partial charge in [0.25, 0.3) is 0 Å². The van der Waals surface area contributed by atoms with Crippen molar-refractivity contribution in [3.63, 3.8) is 0 Å². The summed E-state index contributed by atoms with van der Waals surface area (Å²) in [6.07, 6.45) is 0. The SMILES string of the molecule is Cc1cc(C#N)ccc1CSc1nc2ccc(N)cc2s1. The Morgan fingerprint density at radius 2 is 2.14 bits per heavy atom. The van der Waals surface area contributed by atoms with E-state index < -0.39 is 0 Å². The van der Waals surface area contributed by atoms with E-state index in [0.717, 1.165) is 31.6 Å². The van der Waals surface area contributed by atoms with Crippen LogP contribution in [0.15, 0.2) is 40.7 Å². The van der Waals surface area contributed by atoms with Gasteiger partial charge in [-0.3, -0.25) is 0 Å². The number of nitrogens with two attached hydrogens (primary N) is 1. The molecule has 1 aromatic heterocycles. The van der Waals surface area contributed by atoms with E-state index in [-0.39, 0.29) is 0 Å². The first kappa shape index (κ1) is 13.9. The molecule has 2 aromatic carbocycles. The van der Waals surface area contributed by atoms with Gasteiger partial charge in [-0.05, 0) is 48.4 Å². The number of benzene rings is 2. The second kappa shape index (κ2) is 5.76. The molecule has 0 spiro atoms. The van der Waals surface area contributed by atoms with Gasteiger partial charge < -0.3 is 5.73 Å². The van der Waals surface area contributed by atoms with Crippen molar-refractivity contribution >= 4 is 39.0 Å². The van der Waals surface area contributed by atoms with Gasteiger partial charge in [0.2, 0.25) is 0 Å². The predicted octanol–water partition coefficient (Wildman–Crippen LogP) is 4.35. The highest BCUT2D eigenvalue weighted by Gasteiger charge is 2.07. The first-order chi connectivity index (χ1) is 10.2. The number of nitrogens with zero attached hydrogens (tertiary/aromatic N) is 2. The van der Waals surface area contributed by atoms with Crippen molar-refractivity contribution in [3.8, 4) is 6.07 Å². The van der Waals surface area contributed by atoms with Gasteiger partial charge >= 0.3 is 0 Å². The Labute approximate surface area is 131 Å². The number of fused-ring (bicyclic) bond motifs is 1. The third kappa shape index (κ3) is 3.02. The summed E-state index contributed by atoms with van der Waals surface area (Å²) in [5.74, 6) is 0.854. The highest BCUT2D eigenvalue weighted by molar-refractivity contribution is 8.00. The minimum absolute atomic E-state index is 0.705. The second-order valence-electron chi connectivity index (χ2n) is 4.75. The van der Waals surface area contributed by atoms with Crippen molar-refractivity contribution in [2.45, 2.75) is 17.0 Å². The third-order valence-corrected chi connectivity index (χ3v) is 5.43. The largest absolute Gasteiger partial charge is 0.399 e. The van der Waals surface area contributed by atoms with Crippen molar-refractivity contribution in [2.24, 2.45) is 0 Å². The van der Waals surface area contributed by atoms with Crippen LogP contribution < -0.4 is 5.73 Å². The summed E-state index contributed by atoms with van der Waals surface area (Å²) >= 11 is 3.38. The van der Waals surface area contributed by atoms with Crippen LogP contribution in [0.1, 0.15) is 16.7 Å². The first-order valence-electron chi connectivity index (χ1n) is 6.44. The molecule has 0 aliphatic carbocycles. The van der Waals surface area contributed by atoms with E-state index in [4.69, 9.17) is 11.0 Å². The number of hydrogen-bond acceptors (Lipinski definition) is 5. The number of rotatable bonds is 3. The van der Waals surface area contributed by atoms with Gasteiger partial charge in [-0.1, -0.05) is 17.8 Å². The maximum atomic E-state index is 8.89. The second-order valence-corrected chi connectivity index (χ2v) is 7.00. The fourth-order valence-electron chi connectivity index (χ4n) is 2.05. The standard InChI is InChI=1S/C16H13N3S2/c1-10-6-11(8-17)2-3-12(10)9-20-16-19-14-5-4-13(18)7-15(14)21-16/h2-7H,9,18H2,1H3. The predicted molar refractivity (Wildman–Crippen MR) is 89.5 cm³/mol. The number of hydrogen-bond donors (Lipinski definition) is 1. The van der Waals surface area contributed by atoms with E-state index in [0.29, 0.717) is 5.56 Å². The first-order valence-corrected chi connectivity index (χ1v) is 8.24. The van der Waals surface area contributed by atoms with Crippen LogP contribution in [0.25, 0.3) is 10.2 Å². The highest BCUT2D eigenvalue weighted by atomic mass is 32.2.